The lowest BCUT2D eigenvalue weighted by Crippen LogP contribution is -2.27. The zero-order valence-corrected chi connectivity index (χ0v) is 16.6. The van der Waals surface area contributed by atoms with Gasteiger partial charge < -0.3 is 14.6 Å². The first kappa shape index (κ1) is 19.9. The fourth-order valence-electron chi connectivity index (χ4n) is 2.54. The van der Waals surface area contributed by atoms with Crippen molar-refractivity contribution < 1.29 is 24.2 Å². The Morgan fingerprint density at radius 2 is 1.96 bits per heavy atom. The SMILES string of the molecule is COc1cccc(N2C(=O)/C(=C\c3cccc(OCCC(=O)O)c3)SC2=S)c1. The lowest BCUT2D eigenvalue weighted by molar-refractivity contribution is -0.137. The summed E-state index contributed by atoms with van der Waals surface area (Å²) in [6.45, 7) is 0.0801. The van der Waals surface area contributed by atoms with Gasteiger partial charge in [-0.25, -0.2) is 0 Å². The molecule has 0 aromatic heterocycles. The molecule has 28 heavy (non-hydrogen) atoms. The fraction of sp³-hybridized carbons (Fsp3) is 0.150. The van der Waals surface area contributed by atoms with Crippen molar-refractivity contribution in [2.75, 3.05) is 18.6 Å². The van der Waals surface area contributed by atoms with Crippen LogP contribution in [-0.2, 0) is 9.59 Å². The van der Waals surface area contributed by atoms with E-state index in [9.17, 15) is 9.59 Å². The summed E-state index contributed by atoms with van der Waals surface area (Å²) in [6.07, 6.45) is 1.66. The Bertz CT molecular complexity index is 957. The van der Waals surface area contributed by atoms with Gasteiger partial charge in [0.05, 0.1) is 30.7 Å². The number of carboxylic acid groups (broad SMARTS) is 1. The maximum Gasteiger partial charge on any atom is 0.306 e. The van der Waals surface area contributed by atoms with E-state index in [0.717, 1.165) is 5.56 Å². The molecule has 0 aliphatic carbocycles. The molecule has 1 fully saturated rings. The van der Waals surface area contributed by atoms with E-state index in [0.29, 0.717) is 26.4 Å². The standard InChI is InChI=1S/C20H17NO5S2/c1-25-15-6-3-5-14(12-15)21-19(24)17(28-20(21)27)11-13-4-2-7-16(10-13)26-9-8-18(22)23/h2-7,10-12H,8-9H2,1H3,(H,22,23)/b17-11+. The van der Waals surface area contributed by atoms with Crippen LogP contribution in [0.25, 0.3) is 6.08 Å². The second-order valence-electron chi connectivity index (χ2n) is 5.78. The molecule has 6 nitrogen and oxygen atoms in total. The van der Waals surface area contributed by atoms with Crippen molar-refractivity contribution in [3.8, 4) is 11.5 Å². The van der Waals surface area contributed by atoms with Crippen molar-refractivity contribution in [2.45, 2.75) is 6.42 Å². The average molecular weight is 415 g/mol. The van der Waals surface area contributed by atoms with Gasteiger partial charge in [-0.2, -0.15) is 0 Å². The predicted molar refractivity (Wildman–Crippen MR) is 113 cm³/mol. The predicted octanol–water partition coefficient (Wildman–Crippen LogP) is 3.95. The number of aliphatic carboxylic acids is 1. The average Bonchev–Trinajstić information content (AvgIpc) is 2.95. The molecule has 1 amide bonds. The van der Waals surface area contributed by atoms with E-state index in [1.807, 2.05) is 6.07 Å². The molecule has 0 bridgehead atoms. The molecule has 1 aliphatic heterocycles. The van der Waals surface area contributed by atoms with Crippen molar-refractivity contribution in [1.29, 1.82) is 0 Å². The molecular weight excluding hydrogens is 398 g/mol. The molecule has 8 heteroatoms. The minimum atomic E-state index is -0.919. The topological polar surface area (TPSA) is 76.1 Å². The minimum Gasteiger partial charge on any atom is -0.497 e. The van der Waals surface area contributed by atoms with Gasteiger partial charge in [0.1, 0.15) is 11.5 Å². The Kier molecular flexibility index (Phi) is 6.33. The summed E-state index contributed by atoms with van der Waals surface area (Å²) < 4.78 is 11.1. The van der Waals surface area contributed by atoms with Gasteiger partial charge in [0.15, 0.2) is 4.32 Å². The quantitative estimate of drug-likeness (QED) is 0.542. The molecule has 0 spiro atoms. The second-order valence-corrected chi connectivity index (χ2v) is 7.46. The van der Waals surface area contributed by atoms with Gasteiger partial charge in [-0.15, -0.1) is 0 Å². The van der Waals surface area contributed by atoms with E-state index in [4.69, 9.17) is 26.8 Å². The molecule has 1 aliphatic rings. The van der Waals surface area contributed by atoms with Crippen LogP contribution in [0.3, 0.4) is 0 Å². The Morgan fingerprint density at radius 1 is 1.21 bits per heavy atom. The number of hydrogen-bond donors (Lipinski definition) is 1. The number of rotatable bonds is 7. The van der Waals surface area contributed by atoms with Gasteiger partial charge in [0.2, 0.25) is 0 Å². The molecule has 2 aromatic rings. The van der Waals surface area contributed by atoms with Crippen LogP contribution in [0.15, 0.2) is 53.4 Å². The number of carbonyl (C=O) groups excluding carboxylic acids is 1. The van der Waals surface area contributed by atoms with Crippen LogP contribution in [-0.4, -0.2) is 35.0 Å². The van der Waals surface area contributed by atoms with Gasteiger partial charge in [0, 0.05) is 6.07 Å². The van der Waals surface area contributed by atoms with Crippen LogP contribution < -0.4 is 14.4 Å². The number of hydrogen-bond acceptors (Lipinski definition) is 6. The van der Waals surface area contributed by atoms with E-state index < -0.39 is 5.97 Å². The highest BCUT2D eigenvalue weighted by Crippen LogP contribution is 2.37. The number of thioether (sulfide) groups is 1. The number of ether oxygens (including phenoxy) is 2. The van der Waals surface area contributed by atoms with Gasteiger partial charge >= 0.3 is 5.97 Å². The van der Waals surface area contributed by atoms with E-state index in [1.165, 1.54) is 16.7 Å². The Morgan fingerprint density at radius 3 is 2.71 bits per heavy atom. The van der Waals surface area contributed by atoms with E-state index in [2.05, 4.69) is 0 Å². The first-order chi connectivity index (χ1) is 13.5. The van der Waals surface area contributed by atoms with Crippen molar-refractivity contribution >= 4 is 51.9 Å². The summed E-state index contributed by atoms with van der Waals surface area (Å²) in [5.41, 5.74) is 1.41. The zero-order valence-electron chi connectivity index (χ0n) is 15.0. The summed E-state index contributed by atoms with van der Waals surface area (Å²) in [7, 11) is 1.56. The first-order valence-corrected chi connectivity index (χ1v) is 9.57. The number of anilines is 1. The monoisotopic (exact) mass is 415 g/mol. The molecule has 0 atom stereocenters. The molecule has 0 unspecified atom stereocenters. The number of carbonyl (C=O) groups is 2. The summed E-state index contributed by atoms with van der Waals surface area (Å²) in [5.74, 6) is 0.0536. The maximum atomic E-state index is 12.9. The van der Waals surface area contributed by atoms with Crippen LogP contribution in [0.4, 0.5) is 5.69 Å². The molecular formula is C20H17NO5S2. The summed E-state index contributed by atoms with van der Waals surface area (Å²) >= 11 is 6.61. The van der Waals surface area contributed by atoms with Gasteiger partial charge in [-0.3, -0.25) is 14.5 Å². The molecule has 0 radical (unpaired) electrons. The highest BCUT2D eigenvalue weighted by molar-refractivity contribution is 8.27. The van der Waals surface area contributed by atoms with E-state index >= 15 is 0 Å². The largest absolute Gasteiger partial charge is 0.497 e. The Hall–Kier alpha value is -2.84. The number of benzene rings is 2. The second kappa shape index (κ2) is 8.90. The van der Waals surface area contributed by atoms with E-state index in [1.54, 1.807) is 55.7 Å². The van der Waals surface area contributed by atoms with Crippen molar-refractivity contribution in [1.82, 2.24) is 0 Å². The van der Waals surface area contributed by atoms with Gasteiger partial charge in [-0.1, -0.05) is 42.2 Å². The van der Waals surface area contributed by atoms with Crippen molar-refractivity contribution in [3.05, 3.63) is 59.0 Å². The normalized spacial score (nSPS) is 15.2. The Balaban J connectivity index is 1.79. The number of carboxylic acids is 1. The van der Waals surface area contributed by atoms with Crippen LogP contribution >= 0.6 is 24.0 Å². The molecule has 0 saturated carbocycles. The molecule has 3 rings (SSSR count). The fourth-order valence-corrected chi connectivity index (χ4v) is 3.84. The van der Waals surface area contributed by atoms with Crippen molar-refractivity contribution in [3.63, 3.8) is 0 Å². The molecule has 2 aromatic carbocycles. The van der Waals surface area contributed by atoms with Crippen LogP contribution in [0.2, 0.25) is 0 Å². The Labute approximate surface area is 171 Å². The molecule has 1 saturated heterocycles. The summed E-state index contributed by atoms with van der Waals surface area (Å²) in [5, 5.41) is 8.69. The third-order valence-electron chi connectivity index (χ3n) is 3.85. The minimum absolute atomic E-state index is 0.0799. The number of thiocarbonyl (C=S) groups is 1. The lowest BCUT2D eigenvalue weighted by atomic mass is 10.2. The zero-order chi connectivity index (χ0) is 20.1. The molecule has 144 valence electrons. The highest BCUT2D eigenvalue weighted by Gasteiger charge is 2.33. The number of nitrogens with zero attached hydrogens (tertiary/aromatic N) is 1. The molecule has 1 heterocycles. The third-order valence-corrected chi connectivity index (χ3v) is 5.15. The van der Waals surface area contributed by atoms with Gasteiger partial charge in [0.25, 0.3) is 5.91 Å². The first-order valence-electron chi connectivity index (χ1n) is 8.34. The number of amides is 1. The van der Waals surface area contributed by atoms with E-state index in [-0.39, 0.29) is 18.9 Å². The van der Waals surface area contributed by atoms with Crippen LogP contribution in [0, 0.1) is 0 Å². The van der Waals surface area contributed by atoms with Crippen molar-refractivity contribution in [2.24, 2.45) is 0 Å². The number of methoxy groups -OCH3 is 1. The highest BCUT2D eigenvalue weighted by atomic mass is 32.2. The van der Waals surface area contributed by atoms with Crippen LogP contribution in [0.1, 0.15) is 12.0 Å². The smallest absolute Gasteiger partial charge is 0.306 e. The third kappa shape index (κ3) is 4.71. The summed E-state index contributed by atoms with van der Waals surface area (Å²) in [6, 6.07) is 14.3. The van der Waals surface area contributed by atoms with Gasteiger partial charge in [-0.05, 0) is 35.9 Å². The maximum absolute atomic E-state index is 12.9. The molecule has 1 N–H and O–H groups in total. The lowest BCUT2D eigenvalue weighted by Gasteiger charge is -2.15. The van der Waals surface area contributed by atoms with Crippen LogP contribution in [0.5, 0.6) is 11.5 Å². The summed E-state index contributed by atoms with van der Waals surface area (Å²) in [4.78, 5) is 25.4.